The molecule has 0 saturated carbocycles. The number of fused-ring (bicyclic) bond motifs is 1. The van der Waals surface area contributed by atoms with Crippen molar-refractivity contribution in [3.63, 3.8) is 0 Å². The summed E-state index contributed by atoms with van der Waals surface area (Å²) >= 11 is 1.40. The Labute approximate surface area is 114 Å². The molecule has 0 spiro atoms. The molecule has 0 aliphatic rings. The van der Waals surface area contributed by atoms with Crippen LogP contribution in [0.1, 0.15) is 0 Å². The van der Waals surface area contributed by atoms with E-state index >= 15 is 0 Å². The van der Waals surface area contributed by atoms with E-state index in [0.717, 1.165) is 15.8 Å². The number of pyridine rings is 1. The molecule has 0 aliphatic heterocycles. The molecule has 94 valence electrons. The van der Waals surface area contributed by atoms with E-state index < -0.39 is 0 Å². The lowest BCUT2D eigenvalue weighted by Crippen LogP contribution is -2.17. The highest BCUT2D eigenvalue weighted by molar-refractivity contribution is 7.99. The van der Waals surface area contributed by atoms with Crippen molar-refractivity contribution >= 4 is 22.7 Å². The molecule has 0 bridgehead atoms. The van der Waals surface area contributed by atoms with Crippen LogP contribution in [0.3, 0.4) is 0 Å². The van der Waals surface area contributed by atoms with Crippen LogP contribution in [0.4, 0.5) is 0 Å². The molecule has 0 aliphatic carbocycles. The maximum Gasteiger partial charge on any atom is 0.267 e. The van der Waals surface area contributed by atoms with Gasteiger partial charge in [-0.25, -0.2) is 4.98 Å². The van der Waals surface area contributed by atoms with E-state index in [1.54, 1.807) is 19.4 Å². The van der Waals surface area contributed by atoms with Crippen molar-refractivity contribution in [2.24, 2.45) is 7.05 Å². The fourth-order valence-electron chi connectivity index (χ4n) is 1.83. The zero-order valence-corrected chi connectivity index (χ0v) is 11.1. The predicted molar refractivity (Wildman–Crippen MR) is 75.3 cm³/mol. The maximum absolute atomic E-state index is 12.0. The van der Waals surface area contributed by atoms with Crippen LogP contribution in [-0.4, -0.2) is 14.5 Å². The van der Waals surface area contributed by atoms with Crippen LogP contribution in [0.2, 0.25) is 0 Å². The van der Waals surface area contributed by atoms with Gasteiger partial charge in [0, 0.05) is 29.7 Å². The highest BCUT2D eigenvalue weighted by Gasteiger charge is 2.07. The summed E-state index contributed by atoms with van der Waals surface area (Å²) in [5, 5.41) is 1.06. The van der Waals surface area contributed by atoms with Gasteiger partial charge in [0.05, 0.1) is 16.7 Å². The lowest BCUT2D eigenvalue weighted by Gasteiger charge is -2.05. The van der Waals surface area contributed by atoms with E-state index in [1.165, 1.54) is 22.7 Å². The number of rotatable bonds is 2. The SMILES string of the molecule is Cn1cncc(Sc2cccc3cccnc23)c1=O. The molecule has 1 aromatic carbocycles. The Kier molecular flexibility index (Phi) is 3.05. The average Bonchev–Trinajstić information content (AvgIpc) is 2.44. The van der Waals surface area contributed by atoms with Crippen LogP contribution in [-0.2, 0) is 7.05 Å². The van der Waals surface area contributed by atoms with Gasteiger partial charge in [0.1, 0.15) is 0 Å². The Hall–Kier alpha value is -2.14. The fraction of sp³-hybridized carbons (Fsp3) is 0.0714. The van der Waals surface area contributed by atoms with Gasteiger partial charge in [-0.1, -0.05) is 30.0 Å². The van der Waals surface area contributed by atoms with Crippen LogP contribution in [0.5, 0.6) is 0 Å². The Bertz CT molecular complexity index is 793. The van der Waals surface area contributed by atoms with Gasteiger partial charge in [-0.15, -0.1) is 0 Å². The third-order valence-corrected chi connectivity index (χ3v) is 3.83. The van der Waals surface area contributed by atoms with Gasteiger partial charge >= 0.3 is 0 Å². The third kappa shape index (κ3) is 2.24. The average molecular weight is 269 g/mol. The van der Waals surface area contributed by atoms with E-state index in [9.17, 15) is 4.79 Å². The van der Waals surface area contributed by atoms with Crippen molar-refractivity contribution in [1.29, 1.82) is 0 Å². The van der Waals surface area contributed by atoms with Gasteiger partial charge in [-0.3, -0.25) is 9.78 Å². The second-order valence-corrected chi connectivity index (χ2v) is 5.19. The summed E-state index contributed by atoms with van der Waals surface area (Å²) in [6.45, 7) is 0. The molecule has 0 radical (unpaired) electrons. The van der Waals surface area contributed by atoms with Gasteiger partial charge in [-0.2, -0.15) is 0 Å². The number of nitrogens with zero attached hydrogens (tertiary/aromatic N) is 3. The summed E-state index contributed by atoms with van der Waals surface area (Å²) in [4.78, 5) is 22.0. The maximum atomic E-state index is 12.0. The molecule has 2 heterocycles. The first kappa shape index (κ1) is 11.9. The molecule has 4 nitrogen and oxygen atoms in total. The Morgan fingerprint density at radius 3 is 2.89 bits per heavy atom. The topological polar surface area (TPSA) is 47.8 Å². The number of hydrogen-bond donors (Lipinski definition) is 0. The Balaban J connectivity index is 2.11. The summed E-state index contributed by atoms with van der Waals surface area (Å²) in [6, 6.07) is 9.85. The quantitative estimate of drug-likeness (QED) is 0.717. The molecule has 3 rings (SSSR count). The van der Waals surface area contributed by atoms with Crippen LogP contribution in [0, 0.1) is 0 Å². The predicted octanol–water partition coefficient (Wildman–Crippen LogP) is 2.48. The molecular formula is C14H11N3OS. The molecule has 0 unspecified atom stereocenters. The highest BCUT2D eigenvalue weighted by atomic mass is 32.2. The van der Waals surface area contributed by atoms with E-state index in [4.69, 9.17) is 0 Å². The van der Waals surface area contributed by atoms with Gasteiger partial charge < -0.3 is 4.57 Å². The zero-order valence-electron chi connectivity index (χ0n) is 10.3. The smallest absolute Gasteiger partial charge is 0.267 e. The molecule has 3 aromatic rings. The molecule has 19 heavy (non-hydrogen) atoms. The number of benzene rings is 1. The second-order valence-electron chi connectivity index (χ2n) is 4.11. The minimum atomic E-state index is -0.0482. The monoisotopic (exact) mass is 269 g/mol. The Morgan fingerprint density at radius 2 is 2.00 bits per heavy atom. The van der Waals surface area contributed by atoms with Gasteiger partial charge in [0.25, 0.3) is 5.56 Å². The highest BCUT2D eigenvalue weighted by Crippen LogP contribution is 2.30. The largest absolute Gasteiger partial charge is 0.301 e. The fourth-order valence-corrected chi connectivity index (χ4v) is 2.83. The summed E-state index contributed by atoms with van der Waals surface area (Å²) in [5.41, 5.74) is 0.855. The molecule has 0 fully saturated rings. The standard InChI is InChI=1S/C14H11N3OS/c1-17-9-15-8-12(14(17)18)19-11-6-2-4-10-5-3-7-16-13(10)11/h2-9H,1H3. The first-order valence-corrected chi connectivity index (χ1v) is 6.59. The van der Waals surface area contributed by atoms with Gasteiger partial charge in [-0.05, 0) is 12.1 Å². The number of hydrogen-bond acceptors (Lipinski definition) is 4. The number of aryl methyl sites for hydroxylation is 1. The van der Waals surface area contributed by atoms with Crippen molar-refractivity contribution in [2.75, 3.05) is 0 Å². The molecule has 2 aromatic heterocycles. The first-order chi connectivity index (χ1) is 9.25. The van der Waals surface area contributed by atoms with Crippen LogP contribution in [0.25, 0.3) is 10.9 Å². The third-order valence-electron chi connectivity index (χ3n) is 2.78. The minimum absolute atomic E-state index is 0.0482. The van der Waals surface area contributed by atoms with Crippen molar-refractivity contribution in [1.82, 2.24) is 14.5 Å². The normalized spacial score (nSPS) is 10.8. The van der Waals surface area contributed by atoms with E-state index in [-0.39, 0.29) is 5.56 Å². The van der Waals surface area contributed by atoms with Crippen LogP contribution >= 0.6 is 11.8 Å². The lowest BCUT2D eigenvalue weighted by atomic mass is 10.2. The molecular weight excluding hydrogens is 258 g/mol. The van der Waals surface area contributed by atoms with Crippen molar-refractivity contribution in [3.8, 4) is 0 Å². The number of aromatic nitrogens is 3. The van der Waals surface area contributed by atoms with Crippen LogP contribution in [0.15, 0.2) is 63.6 Å². The molecule has 0 N–H and O–H groups in total. The molecule has 0 atom stereocenters. The second kappa shape index (κ2) is 4.85. The minimum Gasteiger partial charge on any atom is -0.301 e. The lowest BCUT2D eigenvalue weighted by molar-refractivity contribution is 0.793. The van der Waals surface area contributed by atoms with Gasteiger partial charge in [0.2, 0.25) is 0 Å². The summed E-state index contributed by atoms with van der Waals surface area (Å²) in [7, 11) is 1.70. The molecule has 5 heteroatoms. The molecule has 0 saturated heterocycles. The number of para-hydroxylation sites is 1. The summed E-state index contributed by atoms with van der Waals surface area (Å²) < 4.78 is 1.47. The summed E-state index contributed by atoms with van der Waals surface area (Å²) in [6.07, 6.45) is 4.86. The molecule has 0 amide bonds. The van der Waals surface area contributed by atoms with E-state index in [1.807, 2.05) is 30.3 Å². The van der Waals surface area contributed by atoms with Crippen molar-refractivity contribution in [2.45, 2.75) is 9.79 Å². The van der Waals surface area contributed by atoms with Crippen molar-refractivity contribution in [3.05, 3.63) is 59.4 Å². The van der Waals surface area contributed by atoms with Gasteiger partial charge in [0.15, 0.2) is 0 Å². The zero-order chi connectivity index (χ0) is 13.2. The summed E-state index contributed by atoms with van der Waals surface area (Å²) in [5.74, 6) is 0. The van der Waals surface area contributed by atoms with E-state index in [2.05, 4.69) is 9.97 Å². The Morgan fingerprint density at radius 1 is 1.16 bits per heavy atom. The first-order valence-electron chi connectivity index (χ1n) is 5.78. The van der Waals surface area contributed by atoms with E-state index in [0.29, 0.717) is 4.90 Å². The van der Waals surface area contributed by atoms with Crippen molar-refractivity contribution < 1.29 is 0 Å². The van der Waals surface area contributed by atoms with Crippen LogP contribution < -0.4 is 5.56 Å².